The first-order chi connectivity index (χ1) is 14.4. The van der Waals surface area contributed by atoms with Crippen molar-refractivity contribution in [2.45, 2.75) is 59.5 Å². The maximum Gasteiger partial charge on any atom is 0.348 e. The van der Waals surface area contributed by atoms with E-state index in [1.165, 1.54) is 22.9 Å². The third kappa shape index (κ3) is 3.73. The van der Waals surface area contributed by atoms with Gasteiger partial charge in [-0.1, -0.05) is 58.4 Å². The van der Waals surface area contributed by atoms with Crippen LogP contribution in [0.3, 0.4) is 0 Å². The highest BCUT2D eigenvalue weighted by molar-refractivity contribution is 6.12. The summed E-state index contributed by atoms with van der Waals surface area (Å²) in [5.41, 5.74) is 2.30. The van der Waals surface area contributed by atoms with Gasteiger partial charge in [-0.25, -0.2) is 14.3 Å². The average molecular weight is 408 g/mol. The van der Waals surface area contributed by atoms with Crippen LogP contribution in [-0.4, -0.2) is 36.1 Å². The van der Waals surface area contributed by atoms with E-state index >= 15 is 0 Å². The highest BCUT2D eigenvalue weighted by Crippen LogP contribution is 2.39. The van der Waals surface area contributed by atoms with Crippen LogP contribution in [0.2, 0.25) is 0 Å². The number of amidine groups is 1. The molecule has 2 aromatic rings. The van der Waals surface area contributed by atoms with Crippen molar-refractivity contribution < 1.29 is 14.1 Å². The lowest BCUT2D eigenvalue weighted by molar-refractivity contribution is -0.406. The minimum atomic E-state index is -0.115. The summed E-state index contributed by atoms with van der Waals surface area (Å²) < 4.78 is 8.36. The summed E-state index contributed by atoms with van der Waals surface area (Å²) >= 11 is 0. The van der Waals surface area contributed by atoms with Crippen LogP contribution < -0.4 is 4.90 Å². The zero-order chi connectivity index (χ0) is 21.4. The lowest BCUT2D eigenvalue weighted by atomic mass is 9.75. The number of hydrogen-bond donors (Lipinski definition) is 0. The Balaban J connectivity index is 1.62. The van der Waals surface area contributed by atoms with Gasteiger partial charge in [0.05, 0.1) is 12.4 Å². The number of benzene rings is 2. The van der Waals surface area contributed by atoms with Crippen molar-refractivity contribution in [2.24, 2.45) is 17.8 Å². The zero-order valence-electron chi connectivity index (χ0n) is 19.0. The van der Waals surface area contributed by atoms with Crippen molar-refractivity contribution in [3.8, 4) is 0 Å². The monoisotopic (exact) mass is 407 g/mol. The lowest BCUT2D eigenvalue weighted by Gasteiger charge is -2.37. The molecule has 2 aromatic carbocycles. The molecule has 4 heteroatoms. The molecule has 30 heavy (non-hydrogen) atoms. The van der Waals surface area contributed by atoms with E-state index in [0.29, 0.717) is 17.8 Å². The number of carbonyl (C=O) groups excluding carboxylic acids is 1. The van der Waals surface area contributed by atoms with Crippen LogP contribution in [0.5, 0.6) is 0 Å². The standard InChI is InChI=1S/C26H35N2O2/c1-6-24-27(5)21-11-7-9-19-10-8-12-22(26(19)21)28(24)16-25(29)30-23-15-18(4)13-14-20(23)17(2)3/h7-12,17-18,20,23H,6,13-16H2,1-5H3/q+1/t18-,20+,23-/m1/s1. The molecule has 2 aliphatic rings. The fourth-order valence-electron chi connectivity index (χ4n) is 5.46. The Morgan fingerprint density at radius 2 is 1.93 bits per heavy atom. The topological polar surface area (TPSA) is 32.5 Å². The zero-order valence-corrected chi connectivity index (χ0v) is 19.0. The van der Waals surface area contributed by atoms with E-state index in [0.717, 1.165) is 30.8 Å². The lowest BCUT2D eigenvalue weighted by Crippen LogP contribution is -2.44. The molecule has 0 saturated heterocycles. The minimum absolute atomic E-state index is 0.0388. The number of hydrogen-bond acceptors (Lipinski definition) is 3. The van der Waals surface area contributed by atoms with Crippen molar-refractivity contribution in [2.75, 3.05) is 18.5 Å². The van der Waals surface area contributed by atoms with Gasteiger partial charge < -0.3 is 4.74 Å². The second kappa shape index (κ2) is 8.41. The fourth-order valence-corrected chi connectivity index (χ4v) is 5.46. The van der Waals surface area contributed by atoms with Crippen LogP contribution in [0, 0.1) is 17.8 Å². The number of nitrogens with zero attached hydrogens (tertiary/aromatic N) is 2. The summed E-state index contributed by atoms with van der Waals surface area (Å²) in [6.45, 7) is 9.19. The molecule has 1 aliphatic carbocycles. The van der Waals surface area contributed by atoms with Crippen LogP contribution in [0.25, 0.3) is 10.8 Å². The normalized spacial score (nSPS) is 23.9. The highest BCUT2D eigenvalue weighted by Gasteiger charge is 2.37. The first-order valence-corrected chi connectivity index (χ1v) is 11.5. The van der Waals surface area contributed by atoms with E-state index < -0.39 is 0 Å². The van der Waals surface area contributed by atoms with Crippen molar-refractivity contribution in [1.82, 2.24) is 0 Å². The third-order valence-corrected chi connectivity index (χ3v) is 7.06. The second-order valence-corrected chi connectivity index (χ2v) is 9.42. The molecule has 160 valence electrons. The minimum Gasteiger partial charge on any atom is -0.459 e. The molecular formula is C26H35N2O2+. The smallest absolute Gasteiger partial charge is 0.348 e. The molecule has 0 N–H and O–H groups in total. The molecule has 1 fully saturated rings. The summed E-state index contributed by atoms with van der Waals surface area (Å²) in [4.78, 5) is 15.3. The second-order valence-electron chi connectivity index (χ2n) is 9.42. The summed E-state index contributed by atoms with van der Waals surface area (Å²) in [6, 6.07) is 12.7. The maximum absolute atomic E-state index is 13.2. The molecule has 0 radical (unpaired) electrons. The molecule has 0 unspecified atom stereocenters. The third-order valence-electron chi connectivity index (χ3n) is 7.06. The van der Waals surface area contributed by atoms with Gasteiger partial charge >= 0.3 is 5.97 Å². The quantitative estimate of drug-likeness (QED) is 0.467. The molecule has 0 aromatic heterocycles. The van der Waals surface area contributed by atoms with E-state index in [9.17, 15) is 4.79 Å². The molecule has 1 saturated carbocycles. The van der Waals surface area contributed by atoms with Gasteiger partial charge in [-0.15, -0.1) is 0 Å². The molecule has 3 atom stereocenters. The predicted molar refractivity (Wildman–Crippen MR) is 124 cm³/mol. The van der Waals surface area contributed by atoms with Crippen LogP contribution in [0.4, 0.5) is 11.4 Å². The van der Waals surface area contributed by atoms with Crippen LogP contribution in [0.15, 0.2) is 36.4 Å². The van der Waals surface area contributed by atoms with Gasteiger partial charge in [0.25, 0.3) is 5.84 Å². The first kappa shape index (κ1) is 20.9. The Bertz CT molecular complexity index is 973. The van der Waals surface area contributed by atoms with E-state index in [-0.39, 0.29) is 18.6 Å². The summed E-state index contributed by atoms with van der Waals surface area (Å²) in [5, 5.41) is 2.41. The summed E-state index contributed by atoms with van der Waals surface area (Å²) in [7, 11) is 2.10. The molecular weight excluding hydrogens is 372 g/mol. The van der Waals surface area contributed by atoms with Gasteiger partial charge in [-0.2, -0.15) is 0 Å². The summed E-state index contributed by atoms with van der Waals surface area (Å²) in [5.74, 6) is 2.64. The van der Waals surface area contributed by atoms with Crippen LogP contribution in [-0.2, 0) is 9.53 Å². The van der Waals surface area contributed by atoms with E-state index in [1.807, 2.05) is 0 Å². The molecule has 0 amide bonds. The van der Waals surface area contributed by atoms with Gasteiger partial charge in [-0.3, -0.25) is 0 Å². The molecule has 4 nitrogen and oxygen atoms in total. The number of carbonyl (C=O) groups is 1. The highest BCUT2D eigenvalue weighted by atomic mass is 16.5. The molecule has 0 spiro atoms. The SMILES string of the molecule is CCC1=[N+](C)c2cccc3cccc(c23)N1CC(=O)O[C@@H]1C[C@H](C)CC[C@H]1C(C)C. The Hall–Kier alpha value is -2.36. The number of rotatable bonds is 5. The largest absolute Gasteiger partial charge is 0.459 e. The molecule has 1 aliphatic heterocycles. The van der Waals surface area contributed by atoms with Crippen molar-refractivity contribution in [3.63, 3.8) is 0 Å². The van der Waals surface area contributed by atoms with E-state index in [4.69, 9.17) is 4.74 Å². The number of esters is 1. The van der Waals surface area contributed by atoms with Gasteiger partial charge in [0.2, 0.25) is 0 Å². The predicted octanol–water partition coefficient (Wildman–Crippen LogP) is 5.75. The molecule has 1 heterocycles. The number of ether oxygens (including phenoxy) is 1. The Morgan fingerprint density at radius 3 is 2.63 bits per heavy atom. The average Bonchev–Trinajstić information content (AvgIpc) is 2.71. The summed E-state index contributed by atoms with van der Waals surface area (Å²) in [6.07, 6.45) is 4.26. The maximum atomic E-state index is 13.2. The first-order valence-electron chi connectivity index (χ1n) is 11.5. The molecule has 0 bridgehead atoms. The van der Waals surface area contributed by atoms with Gasteiger partial charge in [0, 0.05) is 6.42 Å². The van der Waals surface area contributed by atoms with Gasteiger partial charge in [0.1, 0.15) is 17.5 Å². The Kier molecular flexibility index (Phi) is 5.86. The fraction of sp³-hybridized carbons (Fsp3) is 0.538. The van der Waals surface area contributed by atoms with Crippen molar-refractivity contribution in [1.29, 1.82) is 0 Å². The van der Waals surface area contributed by atoms with Crippen molar-refractivity contribution >= 4 is 34.0 Å². The van der Waals surface area contributed by atoms with E-state index in [2.05, 4.69) is 80.6 Å². The van der Waals surface area contributed by atoms with Gasteiger partial charge in [-0.05, 0) is 48.1 Å². The Morgan fingerprint density at radius 1 is 1.20 bits per heavy atom. The van der Waals surface area contributed by atoms with E-state index in [1.54, 1.807) is 0 Å². The van der Waals surface area contributed by atoms with Gasteiger partial charge in [0.15, 0.2) is 6.54 Å². The Labute approximate surface area is 180 Å². The van der Waals surface area contributed by atoms with Crippen LogP contribution >= 0.6 is 0 Å². The van der Waals surface area contributed by atoms with Crippen LogP contribution in [0.1, 0.15) is 53.4 Å². The van der Waals surface area contributed by atoms with Crippen molar-refractivity contribution in [3.05, 3.63) is 36.4 Å². The molecule has 4 rings (SSSR count). The number of anilines is 1.